The first kappa shape index (κ1) is 16.8. The molecule has 6 heteroatoms. The van der Waals surface area contributed by atoms with E-state index in [-0.39, 0.29) is 6.04 Å². The molecule has 1 saturated heterocycles. The zero-order valence-electron chi connectivity index (χ0n) is 12.4. The van der Waals surface area contributed by atoms with Gasteiger partial charge in [0.2, 0.25) is 0 Å². The second-order valence-corrected chi connectivity index (χ2v) is 5.39. The monoisotopic (exact) mass is 286 g/mol. The van der Waals surface area contributed by atoms with E-state index >= 15 is 0 Å². The molecule has 0 aromatic rings. The summed E-state index contributed by atoms with van der Waals surface area (Å²) in [5.41, 5.74) is 0. The molecule has 0 radical (unpaired) electrons. The molecule has 2 atom stereocenters. The van der Waals surface area contributed by atoms with Crippen LogP contribution in [-0.4, -0.2) is 42.4 Å². The van der Waals surface area contributed by atoms with Gasteiger partial charge in [0.15, 0.2) is 0 Å². The summed E-state index contributed by atoms with van der Waals surface area (Å²) in [6, 6.07) is -1.18. The lowest BCUT2D eigenvalue weighted by Crippen LogP contribution is -2.50. The predicted octanol–water partition coefficient (Wildman–Crippen LogP) is 1.74. The molecule has 0 aromatic carbocycles. The Hall–Kier alpha value is -1.30. The second kappa shape index (κ2) is 8.79. The highest BCUT2D eigenvalue weighted by Crippen LogP contribution is 2.18. The number of carboxylic acid groups (broad SMARTS) is 1. The number of aliphatic carboxylic acids is 1. The Morgan fingerprint density at radius 2 is 1.95 bits per heavy atom. The van der Waals surface area contributed by atoms with E-state index in [4.69, 9.17) is 9.84 Å². The number of rotatable bonds is 7. The summed E-state index contributed by atoms with van der Waals surface area (Å²) in [7, 11) is 0. The van der Waals surface area contributed by atoms with Crippen LogP contribution >= 0.6 is 0 Å². The number of nitrogens with one attached hydrogen (secondary N) is 2. The van der Waals surface area contributed by atoms with Crippen molar-refractivity contribution in [2.75, 3.05) is 13.2 Å². The van der Waals surface area contributed by atoms with E-state index in [1.54, 1.807) is 0 Å². The van der Waals surface area contributed by atoms with E-state index in [0.717, 1.165) is 38.9 Å². The Morgan fingerprint density at radius 1 is 1.30 bits per heavy atom. The number of amides is 2. The van der Waals surface area contributed by atoms with Gasteiger partial charge in [-0.05, 0) is 32.1 Å². The van der Waals surface area contributed by atoms with Crippen LogP contribution < -0.4 is 10.6 Å². The van der Waals surface area contributed by atoms with Crippen LogP contribution in [0.5, 0.6) is 0 Å². The molecule has 2 amide bonds. The average molecular weight is 286 g/mol. The SMILES string of the molecule is CCCC[C@H](NC(=O)NC(C)C1CCOCC1)C(=O)O. The fourth-order valence-corrected chi connectivity index (χ4v) is 2.41. The smallest absolute Gasteiger partial charge is 0.326 e. The number of unbranched alkanes of at least 4 members (excludes halogenated alkanes) is 1. The van der Waals surface area contributed by atoms with Gasteiger partial charge in [0.1, 0.15) is 6.04 Å². The first-order valence-corrected chi connectivity index (χ1v) is 7.42. The first-order valence-electron chi connectivity index (χ1n) is 7.42. The number of hydrogen-bond acceptors (Lipinski definition) is 3. The van der Waals surface area contributed by atoms with E-state index in [1.807, 2.05) is 13.8 Å². The summed E-state index contributed by atoms with van der Waals surface area (Å²) in [6.45, 7) is 5.41. The van der Waals surface area contributed by atoms with Gasteiger partial charge in [-0.1, -0.05) is 19.8 Å². The van der Waals surface area contributed by atoms with Crippen LogP contribution in [0.25, 0.3) is 0 Å². The quantitative estimate of drug-likeness (QED) is 0.665. The minimum atomic E-state index is -0.979. The molecular weight excluding hydrogens is 260 g/mol. The minimum Gasteiger partial charge on any atom is -0.480 e. The largest absolute Gasteiger partial charge is 0.480 e. The van der Waals surface area contributed by atoms with Crippen LogP contribution in [0.1, 0.15) is 46.0 Å². The maximum absolute atomic E-state index is 11.9. The van der Waals surface area contributed by atoms with Crippen molar-refractivity contribution in [3.63, 3.8) is 0 Å². The lowest BCUT2D eigenvalue weighted by molar-refractivity contribution is -0.139. The topological polar surface area (TPSA) is 87.7 Å². The standard InChI is InChI=1S/C14H26N2O4/c1-3-4-5-12(13(17)18)16-14(19)15-10(2)11-6-8-20-9-7-11/h10-12H,3-9H2,1-2H3,(H,17,18)(H2,15,16,19)/t10?,12-/m0/s1. The Kier molecular flexibility index (Phi) is 7.36. The zero-order chi connectivity index (χ0) is 15.0. The molecule has 0 saturated carbocycles. The van der Waals surface area contributed by atoms with Gasteiger partial charge in [0.25, 0.3) is 0 Å². The summed E-state index contributed by atoms with van der Waals surface area (Å²) in [4.78, 5) is 22.9. The second-order valence-electron chi connectivity index (χ2n) is 5.39. The molecule has 1 rings (SSSR count). The van der Waals surface area contributed by atoms with Crippen molar-refractivity contribution in [2.24, 2.45) is 5.92 Å². The van der Waals surface area contributed by atoms with Gasteiger partial charge in [-0.15, -0.1) is 0 Å². The minimum absolute atomic E-state index is 0.0273. The van der Waals surface area contributed by atoms with Crippen LogP contribution in [0.4, 0.5) is 4.79 Å². The first-order chi connectivity index (χ1) is 9.54. The highest BCUT2D eigenvalue weighted by atomic mass is 16.5. The Labute approximate surface area is 120 Å². The maximum atomic E-state index is 11.9. The van der Waals surface area contributed by atoms with Gasteiger partial charge in [-0.25, -0.2) is 9.59 Å². The van der Waals surface area contributed by atoms with Crippen LogP contribution in [0, 0.1) is 5.92 Å². The van der Waals surface area contributed by atoms with Gasteiger partial charge in [-0.3, -0.25) is 0 Å². The summed E-state index contributed by atoms with van der Waals surface area (Å²) < 4.78 is 5.29. The van der Waals surface area contributed by atoms with Gasteiger partial charge in [0.05, 0.1) is 0 Å². The van der Waals surface area contributed by atoms with Crippen molar-refractivity contribution in [2.45, 2.75) is 58.0 Å². The lowest BCUT2D eigenvalue weighted by atomic mass is 9.93. The number of carboxylic acids is 1. The molecule has 0 bridgehead atoms. The molecule has 1 unspecified atom stereocenters. The van der Waals surface area contributed by atoms with E-state index in [1.165, 1.54) is 0 Å². The van der Waals surface area contributed by atoms with Gasteiger partial charge in [0, 0.05) is 19.3 Å². The van der Waals surface area contributed by atoms with Crippen molar-refractivity contribution in [3.8, 4) is 0 Å². The van der Waals surface area contributed by atoms with Crippen molar-refractivity contribution in [1.29, 1.82) is 0 Å². The summed E-state index contributed by atoms with van der Waals surface area (Å²) in [6.07, 6.45) is 4.02. The third kappa shape index (κ3) is 5.77. The molecule has 1 heterocycles. The summed E-state index contributed by atoms with van der Waals surface area (Å²) in [5, 5.41) is 14.5. The van der Waals surface area contributed by atoms with E-state index in [0.29, 0.717) is 12.3 Å². The molecule has 3 N–H and O–H groups in total. The van der Waals surface area contributed by atoms with E-state index in [9.17, 15) is 9.59 Å². The number of ether oxygens (including phenoxy) is 1. The maximum Gasteiger partial charge on any atom is 0.326 e. The third-order valence-corrected chi connectivity index (χ3v) is 3.78. The normalized spacial score (nSPS) is 19.1. The fraction of sp³-hybridized carbons (Fsp3) is 0.857. The highest BCUT2D eigenvalue weighted by Gasteiger charge is 2.24. The van der Waals surface area contributed by atoms with E-state index in [2.05, 4.69) is 10.6 Å². The average Bonchev–Trinajstić information content (AvgIpc) is 2.44. The van der Waals surface area contributed by atoms with Crippen LogP contribution in [0.15, 0.2) is 0 Å². The molecule has 20 heavy (non-hydrogen) atoms. The molecule has 0 aromatic heterocycles. The van der Waals surface area contributed by atoms with Crippen LogP contribution in [0.3, 0.4) is 0 Å². The van der Waals surface area contributed by atoms with Crippen LogP contribution in [0.2, 0.25) is 0 Å². The highest BCUT2D eigenvalue weighted by molar-refractivity contribution is 5.82. The summed E-state index contributed by atoms with van der Waals surface area (Å²) >= 11 is 0. The van der Waals surface area contributed by atoms with Gasteiger partial charge < -0.3 is 20.5 Å². The Balaban J connectivity index is 2.37. The summed E-state index contributed by atoms with van der Waals surface area (Å²) in [5.74, 6) is -0.583. The lowest BCUT2D eigenvalue weighted by Gasteiger charge is -2.28. The van der Waals surface area contributed by atoms with Gasteiger partial charge >= 0.3 is 12.0 Å². The molecule has 0 aliphatic carbocycles. The predicted molar refractivity (Wildman–Crippen MR) is 75.6 cm³/mol. The van der Waals surface area contributed by atoms with Crippen molar-refractivity contribution >= 4 is 12.0 Å². The number of carbonyl (C=O) groups excluding carboxylic acids is 1. The Bertz CT molecular complexity index is 316. The van der Waals surface area contributed by atoms with E-state index < -0.39 is 18.0 Å². The molecule has 1 aliphatic heterocycles. The zero-order valence-corrected chi connectivity index (χ0v) is 12.4. The molecule has 116 valence electrons. The van der Waals surface area contributed by atoms with Gasteiger partial charge in [-0.2, -0.15) is 0 Å². The molecule has 0 spiro atoms. The number of carbonyl (C=O) groups is 2. The molecule has 6 nitrogen and oxygen atoms in total. The van der Waals surface area contributed by atoms with Crippen LogP contribution in [-0.2, 0) is 9.53 Å². The van der Waals surface area contributed by atoms with Crippen molar-refractivity contribution in [1.82, 2.24) is 10.6 Å². The number of hydrogen-bond donors (Lipinski definition) is 3. The van der Waals surface area contributed by atoms with Crippen molar-refractivity contribution < 1.29 is 19.4 Å². The number of urea groups is 1. The molecule has 1 aliphatic rings. The molecular formula is C14H26N2O4. The fourth-order valence-electron chi connectivity index (χ4n) is 2.41. The van der Waals surface area contributed by atoms with Crippen molar-refractivity contribution in [3.05, 3.63) is 0 Å². The molecule has 1 fully saturated rings. The third-order valence-electron chi connectivity index (χ3n) is 3.78. The Morgan fingerprint density at radius 3 is 2.50 bits per heavy atom.